The third-order valence-corrected chi connectivity index (χ3v) is 2.68. The molecule has 0 bridgehead atoms. The molecule has 3 heteroatoms. The smallest absolute Gasteiger partial charge is 0.160 e. The monoisotopic (exact) mass is 249 g/mol. The van der Waals surface area contributed by atoms with Gasteiger partial charge in [-0.15, -0.1) is 0 Å². The van der Waals surface area contributed by atoms with Crippen LogP contribution in [0.5, 0.6) is 0 Å². The van der Waals surface area contributed by atoms with Crippen molar-refractivity contribution in [2.75, 3.05) is 20.8 Å². The van der Waals surface area contributed by atoms with E-state index in [4.69, 9.17) is 9.47 Å². The molecule has 0 aliphatic rings. The SMILES string of the molecule is COC(C/C=C\CCNCc1ccccc1)OC. The number of benzene rings is 1. The van der Waals surface area contributed by atoms with E-state index in [0.29, 0.717) is 0 Å². The average Bonchev–Trinajstić information content (AvgIpc) is 2.43. The molecule has 1 aromatic rings. The minimum Gasteiger partial charge on any atom is -0.356 e. The molecule has 0 atom stereocenters. The van der Waals surface area contributed by atoms with Crippen molar-refractivity contribution in [2.45, 2.75) is 25.7 Å². The van der Waals surface area contributed by atoms with Gasteiger partial charge in [-0.2, -0.15) is 0 Å². The summed E-state index contributed by atoms with van der Waals surface area (Å²) >= 11 is 0. The van der Waals surface area contributed by atoms with Gasteiger partial charge in [-0.1, -0.05) is 42.5 Å². The molecule has 3 nitrogen and oxygen atoms in total. The van der Waals surface area contributed by atoms with E-state index in [0.717, 1.165) is 25.9 Å². The third kappa shape index (κ3) is 6.55. The first-order chi connectivity index (χ1) is 8.86. The van der Waals surface area contributed by atoms with E-state index < -0.39 is 0 Å². The lowest BCUT2D eigenvalue weighted by molar-refractivity contribution is -0.0986. The van der Waals surface area contributed by atoms with Crippen LogP contribution in [0.2, 0.25) is 0 Å². The molecule has 0 aliphatic carbocycles. The summed E-state index contributed by atoms with van der Waals surface area (Å²) in [5.74, 6) is 0. The zero-order chi connectivity index (χ0) is 13.1. The maximum Gasteiger partial charge on any atom is 0.160 e. The van der Waals surface area contributed by atoms with Crippen molar-refractivity contribution in [3.05, 3.63) is 48.0 Å². The third-order valence-electron chi connectivity index (χ3n) is 2.68. The van der Waals surface area contributed by atoms with Crippen LogP contribution in [-0.4, -0.2) is 27.1 Å². The van der Waals surface area contributed by atoms with E-state index in [1.807, 2.05) is 6.07 Å². The molecule has 0 heterocycles. The molecule has 0 aliphatic heterocycles. The second kappa shape index (κ2) is 9.83. The molecule has 0 unspecified atom stereocenters. The largest absolute Gasteiger partial charge is 0.356 e. The standard InChI is InChI=1S/C15H23NO2/c1-17-15(18-2)11-7-4-8-12-16-13-14-9-5-3-6-10-14/h3-7,9-10,15-16H,8,11-13H2,1-2H3/b7-4-. The molecule has 1 N–H and O–H groups in total. The summed E-state index contributed by atoms with van der Waals surface area (Å²) in [6, 6.07) is 10.4. The van der Waals surface area contributed by atoms with Crippen LogP contribution >= 0.6 is 0 Å². The first-order valence-corrected chi connectivity index (χ1v) is 6.32. The number of ether oxygens (including phenoxy) is 2. The topological polar surface area (TPSA) is 30.5 Å². The summed E-state index contributed by atoms with van der Waals surface area (Å²) < 4.78 is 10.2. The molecule has 1 aromatic carbocycles. The lowest BCUT2D eigenvalue weighted by Crippen LogP contribution is -2.14. The second-order valence-electron chi connectivity index (χ2n) is 4.06. The van der Waals surface area contributed by atoms with Gasteiger partial charge in [0.15, 0.2) is 6.29 Å². The van der Waals surface area contributed by atoms with Crippen LogP contribution in [0.1, 0.15) is 18.4 Å². The number of hydrogen-bond donors (Lipinski definition) is 1. The highest BCUT2D eigenvalue weighted by atomic mass is 16.7. The van der Waals surface area contributed by atoms with Crippen molar-refractivity contribution in [2.24, 2.45) is 0 Å². The van der Waals surface area contributed by atoms with Crippen molar-refractivity contribution >= 4 is 0 Å². The normalized spacial score (nSPS) is 11.5. The van der Waals surface area contributed by atoms with Crippen LogP contribution in [0.25, 0.3) is 0 Å². The minimum absolute atomic E-state index is 0.126. The van der Waals surface area contributed by atoms with Gasteiger partial charge in [0.25, 0.3) is 0 Å². The van der Waals surface area contributed by atoms with Gasteiger partial charge in [0, 0.05) is 27.2 Å². The van der Waals surface area contributed by atoms with Crippen LogP contribution in [0.15, 0.2) is 42.5 Å². The molecular formula is C15H23NO2. The van der Waals surface area contributed by atoms with E-state index in [1.165, 1.54) is 5.56 Å². The van der Waals surface area contributed by atoms with Crippen molar-refractivity contribution in [3.8, 4) is 0 Å². The summed E-state index contributed by atoms with van der Waals surface area (Å²) in [6.45, 7) is 1.91. The average molecular weight is 249 g/mol. The molecule has 0 aromatic heterocycles. The minimum atomic E-state index is -0.126. The molecule has 18 heavy (non-hydrogen) atoms. The number of rotatable bonds is 9. The van der Waals surface area contributed by atoms with Gasteiger partial charge in [-0.3, -0.25) is 0 Å². The highest BCUT2D eigenvalue weighted by Crippen LogP contribution is 2.00. The van der Waals surface area contributed by atoms with Crippen LogP contribution < -0.4 is 5.32 Å². The molecule has 0 spiro atoms. The summed E-state index contributed by atoms with van der Waals surface area (Å²) in [6.07, 6.45) is 5.95. The fourth-order valence-electron chi connectivity index (χ4n) is 1.63. The van der Waals surface area contributed by atoms with Gasteiger partial charge in [-0.25, -0.2) is 0 Å². The molecule has 1 rings (SSSR count). The number of hydrogen-bond acceptors (Lipinski definition) is 3. The summed E-state index contributed by atoms with van der Waals surface area (Å²) in [4.78, 5) is 0. The fraction of sp³-hybridized carbons (Fsp3) is 0.467. The Kier molecular flexibility index (Phi) is 8.13. The van der Waals surface area contributed by atoms with Crippen molar-refractivity contribution in [1.82, 2.24) is 5.32 Å². The Morgan fingerprint density at radius 2 is 1.83 bits per heavy atom. The van der Waals surface area contributed by atoms with Gasteiger partial charge in [0.2, 0.25) is 0 Å². The first-order valence-electron chi connectivity index (χ1n) is 6.32. The lowest BCUT2D eigenvalue weighted by atomic mass is 10.2. The zero-order valence-electron chi connectivity index (χ0n) is 11.3. The second-order valence-corrected chi connectivity index (χ2v) is 4.06. The van der Waals surface area contributed by atoms with Crippen molar-refractivity contribution in [1.29, 1.82) is 0 Å². The van der Waals surface area contributed by atoms with Crippen molar-refractivity contribution < 1.29 is 9.47 Å². The van der Waals surface area contributed by atoms with Gasteiger partial charge < -0.3 is 14.8 Å². The highest BCUT2D eigenvalue weighted by Gasteiger charge is 1.99. The molecule has 0 saturated heterocycles. The Morgan fingerprint density at radius 3 is 2.50 bits per heavy atom. The Hall–Kier alpha value is -1.16. The predicted octanol–water partition coefficient (Wildman–Crippen LogP) is 2.73. The lowest BCUT2D eigenvalue weighted by Gasteiger charge is -2.09. The van der Waals surface area contributed by atoms with Crippen LogP contribution in [0.3, 0.4) is 0 Å². The van der Waals surface area contributed by atoms with Gasteiger partial charge in [-0.05, 0) is 18.5 Å². The maximum atomic E-state index is 5.10. The number of methoxy groups -OCH3 is 2. The molecule has 0 radical (unpaired) electrons. The molecular weight excluding hydrogens is 226 g/mol. The highest BCUT2D eigenvalue weighted by molar-refractivity contribution is 5.14. The molecule has 0 saturated carbocycles. The molecule has 0 fully saturated rings. The quantitative estimate of drug-likeness (QED) is 0.415. The first kappa shape index (κ1) is 14.9. The van der Waals surface area contributed by atoms with Gasteiger partial charge >= 0.3 is 0 Å². The summed E-state index contributed by atoms with van der Waals surface area (Å²) in [5, 5.41) is 3.40. The Bertz CT molecular complexity index is 321. The predicted molar refractivity (Wildman–Crippen MR) is 74.3 cm³/mol. The van der Waals surface area contributed by atoms with E-state index in [2.05, 4.69) is 41.7 Å². The maximum absolute atomic E-state index is 5.10. The Morgan fingerprint density at radius 1 is 1.11 bits per heavy atom. The Balaban J connectivity index is 2.03. The van der Waals surface area contributed by atoms with E-state index in [-0.39, 0.29) is 6.29 Å². The Labute approximate surface area is 110 Å². The fourth-order valence-corrected chi connectivity index (χ4v) is 1.63. The summed E-state index contributed by atoms with van der Waals surface area (Å²) in [7, 11) is 3.31. The van der Waals surface area contributed by atoms with Crippen LogP contribution in [0, 0.1) is 0 Å². The van der Waals surface area contributed by atoms with Crippen LogP contribution in [0.4, 0.5) is 0 Å². The van der Waals surface area contributed by atoms with E-state index >= 15 is 0 Å². The number of nitrogens with one attached hydrogen (secondary N) is 1. The summed E-state index contributed by atoms with van der Waals surface area (Å²) in [5.41, 5.74) is 1.32. The van der Waals surface area contributed by atoms with Crippen LogP contribution in [-0.2, 0) is 16.0 Å². The molecule has 100 valence electrons. The zero-order valence-corrected chi connectivity index (χ0v) is 11.3. The van der Waals surface area contributed by atoms with Crippen molar-refractivity contribution in [3.63, 3.8) is 0 Å². The molecule has 0 amide bonds. The van der Waals surface area contributed by atoms with E-state index in [1.54, 1.807) is 14.2 Å². The van der Waals surface area contributed by atoms with Gasteiger partial charge in [0.05, 0.1) is 0 Å². The van der Waals surface area contributed by atoms with Gasteiger partial charge in [0.1, 0.15) is 0 Å². The van der Waals surface area contributed by atoms with E-state index in [9.17, 15) is 0 Å².